The van der Waals surface area contributed by atoms with E-state index in [0.717, 1.165) is 18.6 Å². The molecule has 1 aliphatic rings. The summed E-state index contributed by atoms with van der Waals surface area (Å²) in [6, 6.07) is 8.38. The van der Waals surface area contributed by atoms with Crippen LogP contribution in [0, 0.1) is 0 Å². The van der Waals surface area contributed by atoms with E-state index in [0.29, 0.717) is 60.1 Å². The maximum Gasteiger partial charge on any atom is 0.326 e. The fourth-order valence-corrected chi connectivity index (χ4v) is 9.81. The third-order valence-corrected chi connectivity index (χ3v) is 15.1. The first kappa shape index (κ1) is 67.7. The van der Waals surface area contributed by atoms with Crippen molar-refractivity contribution in [2.75, 3.05) is 63.9 Å². The van der Waals surface area contributed by atoms with Crippen LogP contribution in [0.15, 0.2) is 79.0 Å². The molecule has 16 N–H and O–H groups in total. The quantitative estimate of drug-likeness (QED) is 0.0141. The largest absolute Gasteiger partial charge is 0.508 e. The maximum atomic E-state index is 14.8. The fourth-order valence-electron chi connectivity index (χ4n) is 9.30. The number of para-hydroxylation sites is 1. The molecule has 84 heavy (non-hydrogen) atoms. The summed E-state index contributed by atoms with van der Waals surface area (Å²) in [5.74, 6) is -7.97. The molecule has 1 saturated heterocycles. The second kappa shape index (κ2) is 34.0. The van der Waals surface area contributed by atoms with Gasteiger partial charge in [0.25, 0.3) is 0 Å². The summed E-state index contributed by atoms with van der Waals surface area (Å²) >= 11 is 8.48. The third kappa shape index (κ3) is 20.6. The molecule has 1 fully saturated rings. The molecule has 1 aromatic heterocycles. The van der Waals surface area contributed by atoms with Gasteiger partial charge in [-0.05, 0) is 74.0 Å². The van der Waals surface area contributed by atoms with Crippen molar-refractivity contribution in [3.63, 3.8) is 0 Å². The minimum Gasteiger partial charge on any atom is -0.508 e. The van der Waals surface area contributed by atoms with Gasteiger partial charge in [0.2, 0.25) is 41.4 Å². The molecule has 9 atom stereocenters. The number of piperazine rings is 1. The molecule has 27 heteroatoms. The van der Waals surface area contributed by atoms with Crippen LogP contribution in [0.2, 0.25) is 0 Å². The number of nitrogens with one attached hydrogen (secondary N) is 8. The molecule has 0 bridgehead atoms. The molecular weight excluding hydrogens is 1120 g/mol. The van der Waals surface area contributed by atoms with Crippen LogP contribution in [0.25, 0.3) is 10.9 Å². The number of H-pyrrole nitrogens is 1. The highest BCUT2D eigenvalue weighted by Crippen LogP contribution is 2.20. The number of phenols is 1. The van der Waals surface area contributed by atoms with Crippen molar-refractivity contribution in [2.45, 2.75) is 113 Å². The number of carboxylic acids is 1. The summed E-state index contributed by atoms with van der Waals surface area (Å²) < 4.78 is 0. The lowest BCUT2D eigenvalue weighted by Crippen LogP contribution is -2.61. The smallest absolute Gasteiger partial charge is 0.326 e. The zero-order valence-electron chi connectivity index (χ0n) is 47.1. The predicted octanol–water partition coefficient (Wildman–Crippen LogP) is -1.72. The van der Waals surface area contributed by atoms with E-state index >= 15 is 0 Å². The Balaban J connectivity index is 1.34. The van der Waals surface area contributed by atoms with Crippen LogP contribution in [0.3, 0.4) is 0 Å². The second-order valence-electron chi connectivity index (χ2n) is 20.7. The number of benzene rings is 3. The number of ketones is 1. The number of thiol groups is 2. The first-order chi connectivity index (χ1) is 40.2. The second-order valence-corrected chi connectivity index (χ2v) is 21.4. The van der Waals surface area contributed by atoms with Gasteiger partial charge in [-0.2, -0.15) is 25.3 Å². The van der Waals surface area contributed by atoms with Crippen LogP contribution in [0.1, 0.15) is 66.6 Å². The van der Waals surface area contributed by atoms with E-state index in [9.17, 15) is 63.6 Å². The van der Waals surface area contributed by atoms with Crippen molar-refractivity contribution >= 4 is 89.3 Å². The van der Waals surface area contributed by atoms with Gasteiger partial charge in [-0.1, -0.05) is 61.5 Å². The lowest BCUT2D eigenvalue weighted by atomic mass is 10.0. The number of hydrogen-bond acceptors (Lipinski definition) is 18. The van der Waals surface area contributed by atoms with Gasteiger partial charge < -0.3 is 74.1 Å². The lowest BCUT2D eigenvalue weighted by Gasteiger charge is -2.33. The molecular formula is C57H80N12O13S2. The average molecular weight is 1210 g/mol. The number of aliphatic hydroxyl groups is 2. The molecule has 5 rings (SSSR count). The Morgan fingerprint density at radius 3 is 1.65 bits per heavy atom. The molecule has 0 spiro atoms. The van der Waals surface area contributed by atoms with Gasteiger partial charge in [0.15, 0.2) is 5.78 Å². The number of aromatic amines is 1. The summed E-state index contributed by atoms with van der Waals surface area (Å²) in [7, 11) is 0. The maximum absolute atomic E-state index is 14.8. The minimum atomic E-state index is -1.49. The Bertz CT molecular complexity index is 2850. The van der Waals surface area contributed by atoms with Crippen molar-refractivity contribution in [1.82, 2.24) is 52.0 Å². The molecule has 4 aromatic rings. The Labute approximate surface area is 498 Å². The van der Waals surface area contributed by atoms with Gasteiger partial charge >= 0.3 is 5.97 Å². The number of nitrogens with zero attached hydrogens (tertiary/aromatic N) is 2. The number of nitrogens with two attached hydrogens (primary N) is 2. The third-order valence-electron chi connectivity index (χ3n) is 14.4. The Kier molecular flexibility index (Phi) is 27.4. The summed E-state index contributed by atoms with van der Waals surface area (Å²) in [6.07, 6.45) is 0.752. The van der Waals surface area contributed by atoms with Crippen LogP contribution in [-0.2, 0) is 57.6 Å². The highest BCUT2D eigenvalue weighted by Gasteiger charge is 2.35. The van der Waals surface area contributed by atoms with E-state index in [4.69, 9.17) is 11.5 Å². The molecule has 1 aliphatic heterocycles. The Morgan fingerprint density at radius 2 is 1.10 bits per heavy atom. The van der Waals surface area contributed by atoms with E-state index in [-0.39, 0.29) is 74.8 Å². The van der Waals surface area contributed by atoms with Gasteiger partial charge in [-0.25, -0.2) is 4.79 Å². The normalized spacial score (nSPS) is 16.0. The number of aromatic hydroxyl groups is 1. The number of aliphatic hydroxyl groups excluding tert-OH is 2. The summed E-state index contributed by atoms with van der Waals surface area (Å²) in [4.78, 5) is 131. The fraction of sp³-hybridized carbons (Fsp3) is 0.491. The van der Waals surface area contributed by atoms with Crippen LogP contribution < -0.4 is 48.7 Å². The number of Topliss-reactive ketones (excluding diaryl/α,β-unsaturated/α-hetero) is 1. The van der Waals surface area contributed by atoms with E-state index in [1.54, 1.807) is 49.5 Å². The van der Waals surface area contributed by atoms with Crippen molar-refractivity contribution in [1.29, 1.82) is 0 Å². The molecule has 3 aromatic carbocycles. The standard InChI is InChI=1S/C57H80N12O13S2/c1-3-40(61-54(78)47(32-84)67-56(80)49(59)33(2)71)50(74)62-42(10-6-7-19-58)51(75)64-44(28-37-29-60-41-9-5-4-8-39(37)41)53(77)63-43(26-35-13-17-38(72)18-14-35)52(76)66-46(31-83)55(79)65-45(57(81)82)27-34-11-15-36(16-12-34)48(73)30-69-22-20-68(21-23-69)24-25-70/h4-5,8-9,11-18,29,33,40,42-47,49,60,70-72,83-84H,3,6-7,10,19-28,30-32,58-59H2,1-2H3,(H,61,78)(H,62,74)(H,63,77)(H,64,75)(H,65,79)(H,66,76)(H,67,80)(H,81,82)/t33-,40+,42+,43+,44+,45+,46+,47+,49+/m1/s1. The molecule has 25 nitrogen and oxygen atoms in total. The number of aromatic nitrogens is 1. The minimum absolute atomic E-state index is 0.0351. The molecule has 0 aliphatic carbocycles. The summed E-state index contributed by atoms with van der Waals surface area (Å²) in [5.41, 5.74) is 14.2. The number of carbonyl (C=O) groups excluding carboxylic acids is 8. The Morgan fingerprint density at radius 1 is 0.619 bits per heavy atom. The molecule has 2 heterocycles. The van der Waals surface area contributed by atoms with Crippen molar-refractivity contribution in [2.24, 2.45) is 11.5 Å². The van der Waals surface area contributed by atoms with Gasteiger partial charge in [0.05, 0.1) is 19.3 Å². The zero-order valence-corrected chi connectivity index (χ0v) is 48.9. The van der Waals surface area contributed by atoms with Crippen molar-refractivity contribution in [3.05, 3.63) is 101 Å². The van der Waals surface area contributed by atoms with Crippen LogP contribution in [-0.4, -0.2) is 207 Å². The number of aliphatic carboxylic acids is 1. The number of rotatable bonds is 34. The SMILES string of the molecule is CC[C@H](NC(=O)[C@H](CS)NC(=O)[C@@H](N)[C@@H](C)O)C(=O)N[C@@H](CCCCN)C(=O)N[C@@H](Cc1c[nH]c2ccccc12)C(=O)N[C@@H](Cc1ccc(O)cc1)C(=O)N[C@@H](CS)C(=O)N[C@@H](Cc1ccc(C(=O)CN2CCN(CCO)CC2)cc1)C(=O)O. The number of phenolic OH excluding ortho intramolecular Hbond substituents is 1. The lowest BCUT2D eigenvalue weighted by molar-refractivity contribution is -0.142. The van der Waals surface area contributed by atoms with E-state index in [2.05, 4.69) is 72.4 Å². The molecule has 0 unspecified atom stereocenters. The van der Waals surface area contributed by atoms with E-state index in [1.807, 2.05) is 17.0 Å². The predicted molar refractivity (Wildman–Crippen MR) is 320 cm³/mol. The summed E-state index contributed by atoms with van der Waals surface area (Å²) in [6.45, 7) is 6.77. The van der Waals surface area contributed by atoms with Gasteiger partial charge in [0, 0.05) is 86.2 Å². The number of amides is 7. The van der Waals surface area contributed by atoms with Gasteiger partial charge in [-0.3, -0.25) is 48.2 Å². The topological polar surface area (TPSA) is 393 Å². The molecule has 0 radical (unpaired) electrons. The van der Waals surface area contributed by atoms with Crippen LogP contribution in [0.5, 0.6) is 5.75 Å². The van der Waals surface area contributed by atoms with Crippen molar-refractivity contribution < 1.29 is 63.6 Å². The van der Waals surface area contributed by atoms with Crippen LogP contribution >= 0.6 is 25.3 Å². The number of hydrogen-bond donors (Lipinski definition) is 16. The first-order valence-electron chi connectivity index (χ1n) is 27.9. The van der Waals surface area contributed by atoms with Gasteiger partial charge in [-0.15, -0.1) is 0 Å². The number of carboxylic acid groups (broad SMARTS) is 1. The number of β-amino-alcohol motifs (C(OH)–C–C–N with tert-alkyl or cyclic N) is 1. The Hall–Kier alpha value is -7.11. The number of carbonyl (C=O) groups is 9. The summed E-state index contributed by atoms with van der Waals surface area (Å²) in [5, 5.41) is 58.3. The van der Waals surface area contributed by atoms with E-state index in [1.165, 1.54) is 31.2 Å². The van der Waals surface area contributed by atoms with Gasteiger partial charge in [0.1, 0.15) is 54.1 Å². The average Bonchev–Trinajstić information content (AvgIpc) is 3.79. The van der Waals surface area contributed by atoms with Crippen molar-refractivity contribution in [3.8, 4) is 5.75 Å². The van der Waals surface area contributed by atoms with Crippen LogP contribution in [0.4, 0.5) is 0 Å². The molecule has 0 saturated carbocycles. The van der Waals surface area contributed by atoms with E-state index < -0.39 is 102 Å². The molecule has 7 amide bonds. The highest BCUT2D eigenvalue weighted by molar-refractivity contribution is 7.80. The first-order valence-corrected chi connectivity index (χ1v) is 29.2. The highest BCUT2D eigenvalue weighted by atomic mass is 32.1. The number of fused-ring (bicyclic) bond motifs is 1. The number of unbranched alkanes of at least 4 members (excludes halogenated alkanes) is 1. The molecule has 458 valence electrons. The zero-order chi connectivity index (χ0) is 61.5. The monoisotopic (exact) mass is 1200 g/mol.